The van der Waals surface area contributed by atoms with Crippen LogP contribution in [0.4, 0.5) is 10.5 Å². The Labute approximate surface area is 147 Å². The summed E-state index contributed by atoms with van der Waals surface area (Å²) in [7, 11) is 0. The van der Waals surface area contributed by atoms with E-state index in [1.165, 1.54) is 32.0 Å². The highest BCUT2D eigenvalue weighted by Gasteiger charge is 2.14. The fraction of sp³-hybridized carbons (Fsp3) is 0.500. The molecule has 0 aliphatic heterocycles. The standard InChI is InChI=1S/C18H25N5O2/c24-18(20-9-4-10-25-17-7-1-2-8-17)22-16-6-3-5-15(11-16)12-23-14-19-13-21-23/h3,5-6,11,13-14,17H,1-2,4,7-10,12H2,(H2,20,22,24). The van der Waals surface area contributed by atoms with E-state index < -0.39 is 0 Å². The monoisotopic (exact) mass is 343 g/mol. The SMILES string of the molecule is O=C(NCCCOC1CCCC1)Nc1cccc(Cn2cncn2)c1. The van der Waals surface area contributed by atoms with Crippen LogP contribution < -0.4 is 10.6 Å². The lowest BCUT2D eigenvalue weighted by Crippen LogP contribution is -2.30. The molecule has 0 atom stereocenters. The van der Waals surface area contributed by atoms with Gasteiger partial charge in [0.05, 0.1) is 12.6 Å². The van der Waals surface area contributed by atoms with Crippen LogP contribution in [0.3, 0.4) is 0 Å². The molecule has 1 aromatic heterocycles. The summed E-state index contributed by atoms with van der Waals surface area (Å²) >= 11 is 0. The number of aromatic nitrogens is 3. The third kappa shape index (κ3) is 5.86. The molecule has 0 unspecified atom stereocenters. The number of benzene rings is 1. The van der Waals surface area contributed by atoms with Gasteiger partial charge in [0.2, 0.25) is 0 Å². The lowest BCUT2D eigenvalue weighted by atomic mass is 10.2. The Hall–Kier alpha value is -2.41. The molecule has 2 N–H and O–H groups in total. The van der Waals surface area contributed by atoms with Crippen molar-refractivity contribution in [3.63, 3.8) is 0 Å². The van der Waals surface area contributed by atoms with Gasteiger partial charge in [-0.3, -0.25) is 0 Å². The predicted molar refractivity (Wildman–Crippen MR) is 95.4 cm³/mol. The Morgan fingerprint density at radius 3 is 3.00 bits per heavy atom. The molecule has 2 amide bonds. The van der Waals surface area contributed by atoms with Crippen molar-refractivity contribution in [1.82, 2.24) is 20.1 Å². The Morgan fingerprint density at radius 2 is 2.20 bits per heavy atom. The normalized spacial score (nSPS) is 14.6. The minimum absolute atomic E-state index is 0.196. The molecule has 0 saturated heterocycles. The van der Waals surface area contributed by atoms with Gasteiger partial charge in [0.1, 0.15) is 12.7 Å². The number of hydrogen-bond donors (Lipinski definition) is 2. The number of anilines is 1. The molecule has 3 rings (SSSR count). The maximum atomic E-state index is 12.0. The predicted octanol–water partition coefficient (Wildman–Crippen LogP) is 2.80. The van der Waals surface area contributed by atoms with Crippen LogP contribution in [0, 0.1) is 0 Å². The van der Waals surface area contributed by atoms with Gasteiger partial charge < -0.3 is 15.4 Å². The summed E-state index contributed by atoms with van der Waals surface area (Å²) in [6, 6.07) is 7.51. The van der Waals surface area contributed by atoms with Gasteiger partial charge in [0.15, 0.2) is 0 Å². The average Bonchev–Trinajstić information content (AvgIpc) is 3.29. The summed E-state index contributed by atoms with van der Waals surface area (Å²) in [6.07, 6.45) is 9.35. The molecular formula is C18H25N5O2. The summed E-state index contributed by atoms with van der Waals surface area (Å²) < 4.78 is 7.52. The van der Waals surface area contributed by atoms with Crippen molar-refractivity contribution in [1.29, 1.82) is 0 Å². The largest absolute Gasteiger partial charge is 0.378 e. The summed E-state index contributed by atoms with van der Waals surface area (Å²) in [5.74, 6) is 0. The van der Waals surface area contributed by atoms with Gasteiger partial charge in [0, 0.05) is 18.8 Å². The van der Waals surface area contributed by atoms with Gasteiger partial charge in [0.25, 0.3) is 0 Å². The van der Waals surface area contributed by atoms with Crippen LogP contribution in [0.5, 0.6) is 0 Å². The molecule has 2 aromatic rings. The van der Waals surface area contributed by atoms with Crippen LogP contribution in [-0.4, -0.2) is 40.1 Å². The highest BCUT2D eigenvalue weighted by atomic mass is 16.5. The van der Waals surface area contributed by atoms with Crippen molar-refractivity contribution in [2.75, 3.05) is 18.5 Å². The number of carbonyl (C=O) groups is 1. The number of amides is 2. The molecule has 1 aliphatic carbocycles. The number of hydrogen-bond acceptors (Lipinski definition) is 4. The van der Waals surface area contributed by atoms with Gasteiger partial charge in [-0.1, -0.05) is 25.0 Å². The van der Waals surface area contributed by atoms with Gasteiger partial charge in [-0.2, -0.15) is 5.10 Å². The topological polar surface area (TPSA) is 81.1 Å². The molecule has 0 radical (unpaired) electrons. The van der Waals surface area contributed by atoms with E-state index in [4.69, 9.17) is 4.74 Å². The molecule has 7 nitrogen and oxygen atoms in total. The molecular weight excluding hydrogens is 318 g/mol. The van der Waals surface area contributed by atoms with Gasteiger partial charge >= 0.3 is 6.03 Å². The molecule has 0 bridgehead atoms. The first-order valence-corrected chi connectivity index (χ1v) is 8.87. The highest BCUT2D eigenvalue weighted by Crippen LogP contribution is 2.20. The smallest absolute Gasteiger partial charge is 0.319 e. The molecule has 0 spiro atoms. The van der Waals surface area contributed by atoms with Crippen molar-refractivity contribution >= 4 is 11.7 Å². The summed E-state index contributed by atoms with van der Waals surface area (Å²) in [5, 5.41) is 9.80. The van der Waals surface area contributed by atoms with E-state index in [0.717, 1.165) is 17.7 Å². The summed E-state index contributed by atoms with van der Waals surface area (Å²) in [4.78, 5) is 15.9. The first kappa shape index (κ1) is 17.4. The van der Waals surface area contributed by atoms with Crippen molar-refractivity contribution < 1.29 is 9.53 Å². The van der Waals surface area contributed by atoms with Crippen LogP contribution in [0.15, 0.2) is 36.9 Å². The number of urea groups is 1. The van der Waals surface area contributed by atoms with Crippen LogP contribution in [0.1, 0.15) is 37.7 Å². The van der Waals surface area contributed by atoms with Crippen LogP contribution in [-0.2, 0) is 11.3 Å². The third-order valence-electron chi connectivity index (χ3n) is 4.26. The Kier molecular flexibility index (Phi) is 6.39. The molecule has 25 heavy (non-hydrogen) atoms. The summed E-state index contributed by atoms with van der Waals surface area (Å²) in [5.41, 5.74) is 1.81. The van der Waals surface area contributed by atoms with Gasteiger partial charge in [-0.15, -0.1) is 0 Å². The first-order valence-electron chi connectivity index (χ1n) is 8.87. The third-order valence-corrected chi connectivity index (χ3v) is 4.26. The molecule has 7 heteroatoms. The van der Waals surface area contributed by atoms with E-state index in [2.05, 4.69) is 20.7 Å². The molecule has 1 fully saturated rings. The maximum Gasteiger partial charge on any atom is 0.319 e. The number of carbonyl (C=O) groups excluding carboxylic acids is 1. The molecule has 1 saturated carbocycles. The Morgan fingerprint density at radius 1 is 1.32 bits per heavy atom. The second-order valence-corrected chi connectivity index (χ2v) is 6.31. The second-order valence-electron chi connectivity index (χ2n) is 6.31. The highest BCUT2D eigenvalue weighted by molar-refractivity contribution is 5.89. The van der Waals surface area contributed by atoms with Crippen molar-refractivity contribution in [2.24, 2.45) is 0 Å². The van der Waals surface area contributed by atoms with E-state index in [0.29, 0.717) is 25.8 Å². The van der Waals surface area contributed by atoms with E-state index in [-0.39, 0.29) is 6.03 Å². The molecule has 1 aromatic carbocycles. The van der Waals surface area contributed by atoms with Crippen LogP contribution in [0.25, 0.3) is 0 Å². The lowest BCUT2D eigenvalue weighted by Gasteiger charge is -2.12. The number of nitrogens with one attached hydrogen (secondary N) is 2. The zero-order valence-electron chi connectivity index (χ0n) is 14.4. The Bertz CT molecular complexity index is 653. The second kappa shape index (κ2) is 9.17. The zero-order valence-corrected chi connectivity index (χ0v) is 14.4. The summed E-state index contributed by atoms with van der Waals surface area (Å²) in [6.45, 7) is 1.94. The zero-order chi connectivity index (χ0) is 17.3. The molecule has 1 heterocycles. The van der Waals surface area contributed by atoms with Crippen LogP contribution >= 0.6 is 0 Å². The average molecular weight is 343 g/mol. The fourth-order valence-electron chi connectivity index (χ4n) is 3.00. The molecule has 1 aliphatic rings. The van der Waals surface area contributed by atoms with E-state index >= 15 is 0 Å². The fourth-order valence-corrected chi connectivity index (χ4v) is 3.00. The van der Waals surface area contributed by atoms with E-state index in [1.54, 1.807) is 11.0 Å². The number of rotatable bonds is 8. The van der Waals surface area contributed by atoms with Gasteiger partial charge in [-0.25, -0.2) is 14.5 Å². The van der Waals surface area contributed by atoms with Gasteiger partial charge in [-0.05, 0) is 37.0 Å². The minimum Gasteiger partial charge on any atom is -0.378 e. The van der Waals surface area contributed by atoms with Crippen molar-refractivity contribution in [3.05, 3.63) is 42.5 Å². The maximum absolute atomic E-state index is 12.0. The van der Waals surface area contributed by atoms with Crippen molar-refractivity contribution in [2.45, 2.75) is 44.8 Å². The van der Waals surface area contributed by atoms with E-state index in [1.807, 2.05) is 24.3 Å². The minimum atomic E-state index is -0.196. The number of ether oxygens (including phenoxy) is 1. The van der Waals surface area contributed by atoms with E-state index in [9.17, 15) is 4.79 Å². The quantitative estimate of drug-likeness (QED) is 0.722. The lowest BCUT2D eigenvalue weighted by molar-refractivity contribution is 0.0572. The Balaban J connectivity index is 1.35. The first-order chi connectivity index (χ1) is 12.3. The molecule has 134 valence electrons. The van der Waals surface area contributed by atoms with Crippen LogP contribution in [0.2, 0.25) is 0 Å². The van der Waals surface area contributed by atoms with Crippen molar-refractivity contribution in [3.8, 4) is 0 Å². The number of nitrogens with zero attached hydrogens (tertiary/aromatic N) is 3.